The molecule has 0 radical (unpaired) electrons. The molecule has 96 valence electrons. The van der Waals surface area contributed by atoms with Crippen LogP contribution >= 0.6 is 0 Å². The standard InChI is InChI=1S/C11H14F3NO2/c1-17-8-5-7(3-2-4-15)10(16)9(6-8)11(12,13)14/h5-6,16H,2-4,15H2,1H3. The van der Waals surface area contributed by atoms with Crippen molar-refractivity contribution in [3.63, 3.8) is 0 Å². The van der Waals surface area contributed by atoms with Gasteiger partial charge in [0.1, 0.15) is 17.1 Å². The number of benzene rings is 1. The topological polar surface area (TPSA) is 55.5 Å². The molecule has 0 aliphatic rings. The second-order valence-corrected chi connectivity index (χ2v) is 3.57. The first-order chi connectivity index (χ1) is 7.90. The number of aryl methyl sites for hydroxylation is 1. The summed E-state index contributed by atoms with van der Waals surface area (Å²) in [5.41, 5.74) is 4.40. The van der Waals surface area contributed by atoms with E-state index in [9.17, 15) is 18.3 Å². The summed E-state index contributed by atoms with van der Waals surface area (Å²) in [6, 6.07) is 2.17. The number of rotatable bonds is 4. The number of nitrogens with two attached hydrogens (primary N) is 1. The highest BCUT2D eigenvalue weighted by atomic mass is 19.4. The largest absolute Gasteiger partial charge is 0.507 e. The van der Waals surface area contributed by atoms with Crippen LogP contribution in [0.15, 0.2) is 12.1 Å². The van der Waals surface area contributed by atoms with Crippen LogP contribution in [0.1, 0.15) is 17.5 Å². The summed E-state index contributed by atoms with van der Waals surface area (Å²) in [6.07, 6.45) is -3.82. The molecule has 0 amide bonds. The van der Waals surface area contributed by atoms with Gasteiger partial charge in [0.25, 0.3) is 0 Å². The van der Waals surface area contributed by atoms with Gasteiger partial charge in [-0.15, -0.1) is 0 Å². The van der Waals surface area contributed by atoms with Gasteiger partial charge in [-0.1, -0.05) is 0 Å². The van der Waals surface area contributed by atoms with Crippen LogP contribution in [0.3, 0.4) is 0 Å². The summed E-state index contributed by atoms with van der Waals surface area (Å²) < 4.78 is 42.7. The minimum atomic E-state index is -4.60. The molecule has 0 spiro atoms. The van der Waals surface area contributed by atoms with E-state index in [0.29, 0.717) is 13.0 Å². The number of hydrogen-bond donors (Lipinski definition) is 2. The fraction of sp³-hybridized carbons (Fsp3) is 0.455. The summed E-state index contributed by atoms with van der Waals surface area (Å²) in [4.78, 5) is 0. The quantitative estimate of drug-likeness (QED) is 0.860. The van der Waals surface area contributed by atoms with Gasteiger partial charge in [-0.2, -0.15) is 13.2 Å². The van der Waals surface area contributed by atoms with Gasteiger partial charge >= 0.3 is 6.18 Å². The van der Waals surface area contributed by atoms with Gasteiger partial charge in [0.2, 0.25) is 0 Å². The minimum absolute atomic E-state index is 0.0714. The molecular formula is C11H14F3NO2. The molecule has 0 saturated carbocycles. The molecule has 0 aliphatic carbocycles. The lowest BCUT2D eigenvalue weighted by Gasteiger charge is -2.14. The molecule has 0 unspecified atom stereocenters. The molecule has 17 heavy (non-hydrogen) atoms. The van der Waals surface area contributed by atoms with Crippen molar-refractivity contribution < 1.29 is 23.0 Å². The molecule has 0 atom stereocenters. The molecule has 0 aliphatic heterocycles. The minimum Gasteiger partial charge on any atom is -0.507 e. The maximum atomic E-state index is 12.6. The van der Waals surface area contributed by atoms with E-state index in [1.807, 2.05) is 0 Å². The van der Waals surface area contributed by atoms with Crippen molar-refractivity contribution in [2.45, 2.75) is 19.0 Å². The Morgan fingerprint density at radius 1 is 1.35 bits per heavy atom. The van der Waals surface area contributed by atoms with E-state index in [4.69, 9.17) is 10.5 Å². The molecule has 0 bridgehead atoms. The molecular weight excluding hydrogens is 235 g/mol. The average Bonchev–Trinajstić information content (AvgIpc) is 2.26. The zero-order valence-corrected chi connectivity index (χ0v) is 9.34. The third kappa shape index (κ3) is 3.26. The predicted octanol–water partition coefficient (Wildman–Crippen LogP) is 2.31. The van der Waals surface area contributed by atoms with Crippen molar-refractivity contribution in [2.24, 2.45) is 5.73 Å². The van der Waals surface area contributed by atoms with Gasteiger partial charge in [-0.3, -0.25) is 0 Å². The Hall–Kier alpha value is -1.43. The lowest BCUT2D eigenvalue weighted by Crippen LogP contribution is -2.08. The lowest BCUT2D eigenvalue weighted by atomic mass is 10.0. The third-order valence-electron chi connectivity index (χ3n) is 2.35. The van der Waals surface area contributed by atoms with Gasteiger partial charge in [0, 0.05) is 0 Å². The first-order valence-corrected chi connectivity index (χ1v) is 5.07. The zero-order chi connectivity index (χ0) is 13.1. The van der Waals surface area contributed by atoms with Crippen molar-refractivity contribution in [2.75, 3.05) is 13.7 Å². The van der Waals surface area contributed by atoms with Crippen molar-refractivity contribution in [1.29, 1.82) is 0 Å². The van der Waals surface area contributed by atoms with Gasteiger partial charge in [-0.05, 0) is 37.1 Å². The SMILES string of the molecule is COc1cc(CCCN)c(O)c(C(F)(F)F)c1. The van der Waals surface area contributed by atoms with Crippen LogP contribution in [-0.2, 0) is 12.6 Å². The average molecular weight is 249 g/mol. The maximum absolute atomic E-state index is 12.6. The van der Waals surface area contributed by atoms with E-state index in [-0.39, 0.29) is 17.7 Å². The Balaban J connectivity index is 3.21. The fourth-order valence-electron chi connectivity index (χ4n) is 1.48. The molecule has 3 nitrogen and oxygen atoms in total. The number of halogens is 3. The van der Waals surface area contributed by atoms with Crippen LogP contribution in [0.4, 0.5) is 13.2 Å². The Bertz CT molecular complexity index is 391. The van der Waals surface area contributed by atoms with E-state index in [1.54, 1.807) is 0 Å². The fourth-order valence-corrected chi connectivity index (χ4v) is 1.48. The molecule has 1 aromatic rings. The van der Waals surface area contributed by atoms with Gasteiger partial charge in [0.05, 0.1) is 7.11 Å². The second-order valence-electron chi connectivity index (χ2n) is 3.57. The van der Waals surface area contributed by atoms with Crippen LogP contribution in [0.2, 0.25) is 0 Å². The van der Waals surface area contributed by atoms with Crippen molar-refractivity contribution in [3.8, 4) is 11.5 Å². The molecule has 1 rings (SSSR count). The predicted molar refractivity (Wildman–Crippen MR) is 57.0 cm³/mol. The van der Waals surface area contributed by atoms with Crippen LogP contribution in [0.5, 0.6) is 11.5 Å². The van der Waals surface area contributed by atoms with Crippen molar-refractivity contribution in [3.05, 3.63) is 23.3 Å². The van der Waals surface area contributed by atoms with E-state index < -0.39 is 17.5 Å². The third-order valence-corrected chi connectivity index (χ3v) is 2.35. The van der Waals surface area contributed by atoms with Gasteiger partial charge in [-0.25, -0.2) is 0 Å². The highest BCUT2D eigenvalue weighted by Gasteiger charge is 2.35. The van der Waals surface area contributed by atoms with E-state index >= 15 is 0 Å². The summed E-state index contributed by atoms with van der Waals surface area (Å²) >= 11 is 0. The monoisotopic (exact) mass is 249 g/mol. The maximum Gasteiger partial charge on any atom is 0.420 e. The molecule has 6 heteroatoms. The first kappa shape index (κ1) is 13.6. The number of aromatic hydroxyl groups is 1. The summed E-state index contributed by atoms with van der Waals surface area (Å²) in [5.74, 6) is -0.672. The van der Waals surface area contributed by atoms with Gasteiger partial charge in [0.15, 0.2) is 0 Å². The van der Waals surface area contributed by atoms with Crippen LogP contribution in [-0.4, -0.2) is 18.8 Å². The summed E-state index contributed by atoms with van der Waals surface area (Å²) in [5, 5.41) is 9.55. The number of phenols is 1. The van der Waals surface area contributed by atoms with E-state index in [1.165, 1.54) is 13.2 Å². The Labute approximate surface area is 97.0 Å². The molecule has 3 N–H and O–H groups in total. The van der Waals surface area contributed by atoms with Gasteiger partial charge < -0.3 is 15.6 Å². The Kier molecular flexibility index (Phi) is 4.22. The molecule has 1 aromatic carbocycles. The molecule has 0 aromatic heterocycles. The number of hydrogen-bond acceptors (Lipinski definition) is 3. The number of methoxy groups -OCH3 is 1. The summed E-state index contributed by atoms with van der Waals surface area (Å²) in [7, 11) is 1.28. The Morgan fingerprint density at radius 3 is 2.47 bits per heavy atom. The van der Waals surface area contributed by atoms with Crippen LogP contribution < -0.4 is 10.5 Å². The first-order valence-electron chi connectivity index (χ1n) is 5.07. The number of phenolic OH excluding ortho intramolecular Hbond substituents is 1. The highest BCUT2D eigenvalue weighted by molar-refractivity contribution is 5.47. The van der Waals surface area contributed by atoms with Crippen LogP contribution in [0.25, 0.3) is 0 Å². The lowest BCUT2D eigenvalue weighted by molar-refractivity contribution is -0.138. The second kappa shape index (κ2) is 5.27. The summed E-state index contributed by atoms with van der Waals surface area (Å²) in [6.45, 7) is 0.345. The van der Waals surface area contributed by atoms with E-state index in [0.717, 1.165) is 6.07 Å². The normalized spacial score (nSPS) is 11.6. The highest BCUT2D eigenvalue weighted by Crippen LogP contribution is 2.40. The zero-order valence-electron chi connectivity index (χ0n) is 9.34. The molecule has 0 fully saturated rings. The number of ether oxygens (including phenoxy) is 1. The van der Waals surface area contributed by atoms with Crippen LogP contribution in [0, 0.1) is 0 Å². The van der Waals surface area contributed by atoms with Crippen molar-refractivity contribution in [1.82, 2.24) is 0 Å². The van der Waals surface area contributed by atoms with E-state index in [2.05, 4.69) is 0 Å². The Morgan fingerprint density at radius 2 is 2.00 bits per heavy atom. The molecule has 0 heterocycles. The smallest absolute Gasteiger partial charge is 0.420 e. The van der Waals surface area contributed by atoms with Crippen molar-refractivity contribution >= 4 is 0 Å². The molecule has 0 saturated heterocycles. The number of alkyl halides is 3.